The summed E-state index contributed by atoms with van der Waals surface area (Å²) in [6, 6.07) is 6.91. The van der Waals surface area contributed by atoms with Gasteiger partial charge in [-0.05, 0) is 36.8 Å². The average molecular weight is 278 g/mol. The third kappa shape index (κ3) is 2.13. The lowest BCUT2D eigenvalue weighted by Crippen LogP contribution is -2.03. The quantitative estimate of drug-likeness (QED) is 0.887. The molecular weight excluding hydrogens is 266 g/mol. The van der Waals surface area contributed by atoms with Gasteiger partial charge < -0.3 is 14.8 Å². The summed E-state index contributed by atoms with van der Waals surface area (Å²) in [6.07, 6.45) is -0.620. The van der Waals surface area contributed by atoms with Gasteiger partial charge in [-0.15, -0.1) is 0 Å². The van der Waals surface area contributed by atoms with Crippen molar-refractivity contribution < 1.29 is 14.3 Å². The van der Waals surface area contributed by atoms with Crippen LogP contribution in [-0.4, -0.2) is 11.0 Å². The van der Waals surface area contributed by atoms with Crippen LogP contribution in [0.15, 0.2) is 28.7 Å². The summed E-state index contributed by atoms with van der Waals surface area (Å²) in [5.41, 5.74) is 2.10. The first-order valence-corrected chi connectivity index (χ1v) is 6.29. The molecule has 0 fully saturated rings. The van der Waals surface area contributed by atoms with Crippen molar-refractivity contribution in [1.82, 2.24) is 0 Å². The largest absolute Gasteiger partial charge is 0.463 e. The number of nitrogens with one attached hydrogen (secondary N) is 1. The summed E-state index contributed by atoms with van der Waals surface area (Å²) in [5, 5.41) is 13.4. The Bertz CT molecular complexity index is 663. The molecule has 0 aliphatic carbocycles. The minimum absolute atomic E-state index is 0.0634. The third-order valence-corrected chi connectivity index (χ3v) is 3.50. The molecule has 1 atom stereocenters. The van der Waals surface area contributed by atoms with Gasteiger partial charge in [-0.3, -0.25) is 4.79 Å². The van der Waals surface area contributed by atoms with Gasteiger partial charge in [0.05, 0.1) is 6.42 Å². The number of anilines is 1. The fourth-order valence-corrected chi connectivity index (χ4v) is 2.50. The second-order valence-corrected chi connectivity index (χ2v) is 5.01. The lowest BCUT2D eigenvalue weighted by Gasteiger charge is -2.12. The van der Waals surface area contributed by atoms with E-state index in [0.717, 1.165) is 11.3 Å². The number of hydrogen-bond acceptors (Lipinski definition) is 3. The van der Waals surface area contributed by atoms with Crippen molar-refractivity contribution in [2.45, 2.75) is 19.4 Å². The normalized spacial score (nSPS) is 15.2. The molecule has 1 aliphatic heterocycles. The van der Waals surface area contributed by atoms with E-state index in [-0.39, 0.29) is 5.91 Å². The third-order valence-electron chi connectivity index (χ3n) is 3.17. The van der Waals surface area contributed by atoms with Gasteiger partial charge in [-0.1, -0.05) is 11.6 Å². The van der Waals surface area contributed by atoms with E-state index < -0.39 is 6.10 Å². The molecule has 1 aliphatic rings. The van der Waals surface area contributed by atoms with Crippen LogP contribution in [0.5, 0.6) is 0 Å². The van der Waals surface area contributed by atoms with Crippen LogP contribution < -0.4 is 5.32 Å². The number of aliphatic hydroxyl groups excluding tert-OH is 1. The highest BCUT2D eigenvalue weighted by molar-refractivity contribution is 6.32. The molecule has 98 valence electrons. The van der Waals surface area contributed by atoms with E-state index >= 15 is 0 Å². The molecular formula is C14H12ClNO3. The molecule has 0 saturated heterocycles. The van der Waals surface area contributed by atoms with Crippen LogP contribution >= 0.6 is 11.6 Å². The standard InChI is InChI=1S/C14H12ClNO3/c1-7-2-3-12(19-7)14(18)9-4-8-5-13(17)16-11(8)6-10(9)15/h2-4,6,14,18H,5H2,1H3,(H,16,17). The topological polar surface area (TPSA) is 62.5 Å². The number of hydrogen-bond donors (Lipinski definition) is 2. The Morgan fingerprint density at radius 3 is 2.89 bits per heavy atom. The zero-order valence-electron chi connectivity index (χ0n) is 10.2. The smallest absolute Gasteiger partial charge is 0.228 e. The zero-order chi connectivity index (χ0) is 13.6. The fourth-order valence-electron chi connectivity index (χ4n) is 2.23. The summed E-state index contributed by atoms with van der Waals surface area (Å²) < 4.78 is 5.40. The Hall–Kier alpha value is -1.78. The maximum Gasteiger partial charge on any atom is 0.228 e. The SMILES string of the molecule is Cc1ccc(C(O)c2cc3c(cc2Cl)NC(=O)C3)o1. The summed E-state index contributed by atoms with van der Waals surface area (Å²) in [5.74, 6) is 1.10. The molecule has 3 rings (SSSR count). The molecule has 4 nitrogen and oxygen atoms in total. The van der Waals surface area contributed by atoms with Crippen molar-refractivity contribution in [2.75, 3.05) is 5.32 Å². The Labute approximate surface area is 115 Å². The van der Waals surface area contributed by atoms with Crippen molar-refractivity contribution in [3.63, 3.8) is 0 Å². The van der Waals surface area contributed by atoms with Crippen molar-refractivity contribution in [3.05, 3.63) is 51.9 Å². The molecule has 19 heavy (non-hydrogen) atoms. The molecule has 2 heterocycles. The average Bonchev–Trinajstić information content (AvgIpc) is 2.92. The first kappa shape index (κ1) is 12.3. The van der Waals surface area contributed by atoms with E-state index in [1.165, 1.54) is 0 Å². The monoisotopic (exact) mass is 277 g/mol. The first-order valence-electron chi connectivity index (χ1n) is 5.91. The van der Waals surface area contributed by atoms with Gasteiger partial charge >= 0.3 is 0 Å². The van der Waals surface area contributed by atoms with Gasteiger partial charge in [0.25, 0.3) is 0 Å². The summed E-state index contributed by atoms with van der Waals surface area (Å²) >= 11 is 6.15. The predicted molar refractivity (Wildman–Crippen MR) is 71.3 cm³/mol. The molecule has 0 spiro atoms. The van der Waals surface area contributed by atoms with E-state index in [4.69, 9.17) is 16.0 Å². The molecule has 2 N–H and O–H groups in total. The number of aliphatic hydroxyl groups is 1. The number of carbonyl (C=O) groups is 1. The van der Waals surface area contributed by atoms with Crippen molar-refractivity contribution >= 4 is 23.2 Å². The number of carbonyl (C=O) groups excluding carboxylic acids is 1. The number of halogens is 1. The number of benzene rings is 1. The number of furan rings is 1. The van der Waals surface area contributed by atoms with Crippen molar-refractivity contribution in [3.8, 4) is 0 Å². The Kier molecular flexibility index (Phi) is 2.84. The molecule has 1 amide bonds. The van der Waals surface area contributed by atoms with Crippen LogP contribution in [0, 0.1) is 6.92 Å². The van der Waals surface area contributed by atoms with Gasteiger partial charge in [0.1, 0.15) is 17.6 Å². The second-order valence-electron chi connectivity index (χ2n) is 4.61. The lowest BCUT2D eigenvalue weighted by molar-refractivity contribution is -0.115. The fraction of sp³-hybridized carbons (Fsp3) is 0.214. The van der Waals surface area contributed by atoms with Gasteiger partial charge in [-0.25, -0.2) is 0 Å². The van der Waals surface area contributed by atoms with Gasteiger partial charge in [-0.2, -0.15) is 0 Å². The number of aryl methyl sites for hydroxylation is 1. The second kappa shape index (κ2) is 4.40. The maximum absolute atomic E-state index is 11.3. The van der Waals surface area contributed by atoms with Gasteiger partial charge in [0.15, 0.2) is 0 Å². The van der Waals surface area contributed by atoms with E-state index in [1.807, 2.05) is 6.92 Å². The molecule has 1 unspecified atom stereocenters. The number of amides is 1. The van der Waals surface area contributed by atoms with E-state index in [0.29, 0.717) is 28.5 Å². The minimum Gasteiger partial charge on any atom is -0.463 e. The van der Waals surface area contributed by atoms with Crippen LogP contribution in [0.1, 0.15) is 28.8 Å². The Morgan fingerprint density at radius 1 is 1.42 bits per heavy atom. The van der Waals surface area contributed by atoms with Gasteiger partial charge in [0.2, 0.25) is 5.91 Å². The molecule has 5 heteroatoms. The van der Waals surface area contributed by atoms with Crippen LogP contribution in [0.2, 0.25) is 5.02 Å². The summed E-state index contributed by atoms with van der Waals surface area (Å²) in [6.45, 7) is 1.81. The van der Waals surface area contributed by atoms with Crippen molar-refractivity contribution in [2.24, 2.45) is 0 Å². The van der Waals surface area contributed by atoms with E-state index in [9.17, 15) is 9.90 Å². The maximum atomic E-state index is 11.3. The molecule has 0 saturated carbocycles. The first-order chi connectivity index (χ1) is 9.04. The predicted octanol–water partition coefficient (Wildman–Crippen LogP) is 2.82. The highest BCUT2D eigenvalue weighted by Crippen LogP contribution is 2.35. The Balaban J connectivity index is 2.02. The van der Waals surface area contributed by atoms with Crippen LogP contribution in [0.3, 0.4) is 0 Å². The molecule has 0 radical (unpaired) electrons. The highest BCUT2D eigenvalue weighted by Gasteiger charge is 2.23. The summed E-state index contributed by atoms with van der Waals surface area (Å²) in [4.78, 5) is 11.3. The minimum atomic E-state index is -0.929. The van der Waals surface area contributed by atoms with Crippen LogP contribution in [0.4, 0.5) is 5.69 Å². The number of rotatable bonds is 2. The van der Waals surface area contributed by atoms with Crippen LogP contribution in [0.25, 0.3) is 0 Å². The highest BCUT2D eigenvalue weighted by atomic mass is 35.5. The number of fused-ring (bicyclic) bond motifs is 1. The van der Waals surface area contributed by atoms with Gasteiger partial charge in [0, 0.05) is 16.3 Å². The molecule has 1 aromatic carbocycles. The van der Waals surface area contributed by atoms with E-state index in [1.54, 1.807) is 24.3 Å². The Morgan fingerprint density at radius 2 is 2.21 bits per heavy atom. The zero-order valence-corrected chi connectivity index (χ0v) is 11.0. The summed E-state index contributed by atoms with van der Waals surface area (Å²) in [7, 11) is 0. The van der Waals surface area contributed by atoms with E-state index in [2.05, 4.69) is 5.32 Å². The lowest BCUT2D eigenvalue weighted by atomic mass is 10.0. The molecule has 2 aromatic rings. The molecule has 1 aromatic heterocycles. The molecule has 0 bridgehead atoms. The van der Waals surface area contributed by atoms with Crippen LogP contribution in [-0.2, 0) is 11.2 Å². The van der Waals surface area contributed by atoms with Crippen molar-refractivity contribution in [1.29, 1.82) is 0 Å².